The zero-order chi connectivity index (χ0) is 13.1. The highest BCUT2D eigenvalue weighted by molar-refractivity contribution is 9.10. The number of hydrogen-bond acceptors (Lipinski definition) is 2. The largest absolute Gasteiger partial charge is 0.397 e. The molecule has 0 aliphatic carbocycles. The van der Waals surface area contributed by atoms with Gasteiger partial charge in [0.25, 0.3) is 0 Å². The summed E-state index contributed by atoms with van der Waals surface area (Å²) in [5, 5.41) is 0.410. The van der Waals surface area contributed by atoms with Crippen LogP contribution in [0, 0.1) is 0 Å². The molecule has 0 bridgehead atoms. The van der Waals surface area contributed by atoms with Gasteiger partial charge in [0.05, 0.1) is 10.7 Å². The molecule has 2 aromatic carbocycles. The molecule has 0 aromatic heterocycles. The maximum atomic E-state index is 12.2. The first-order valence-corrected chi connectivity index (χ1v) is 6.57. The molecule has 0 saturated carbocycles. The zero-order valence-electron chi connectivity index (χ0n) is 9.49. The summed E-state index contributed by atoms with van der Waals surface area (Å²) in [7, 11) is 0. The molecule has 0 radical (unpaired) electrons. The van der Waals surface area contributed by atoms with Gasteiger partial charge in [-0.05, 0) is 23.8 Å². The predicted molar refractivity (Wildman–Crippen MR) is 78.0 cm³/mol. The Hall–Kier alpha value is -1.32. The van der Waals surface area contributed by atoms with E-state index in [-0.39, 0.29) is 5.78 Å². The van der Waals surface area contributed by atoms with Crippen LogP contribution in [0.5, 0.6) is 0 Å². The van der Waals surface area contributed by atoms with Crippen LogP contribution in [-0.4, -0.2) is 5.78 Å². The van der Waals surface area contributed by atoms with Gasteiger partial charge in [0.1, 0.15) is 0 Å². The summed E-state index contributed by atoms with van der Waals surface area (Å²) in [5.74, 6) is -0.0399. The standard InChI is InChI=1S/C14H11BrClNO/c15-11-6-2-1-4-9(11)8-13(18)10-5-3-7-12(16)14(10)17/h1-7H,8,17H2. The second-order valence-corrected chi connectivity index (χ2v) is 5.15. The normalized spacial score (nSPS) is 10.3. The number of nitrogen functional groups attached to an aromatic ring is 1. The first-order valence-electron chi connectivity index (χ1n) is 5.40. The van der Waals surface area contributed by atoms with Crippen LogP contribution in [0.1, 0.15) is 15.9 Å². The SMILES string of the molecule is Nc1c(Cl)cccc1C(=O)Cc1ccccc1Br. The Labute approximate surface area is 119 Å². The lowest BCUT2D eigenvalue weighted by molar-refractivity contribution is 0.0993. The smallest absolute Gasteiger partial charge is 0.169 e. The number of halogens is 2. The second-order valence-electron chi connectivity index (χ2n) is 3.89. The van der Waals surface area contributed by atoms with Gasteiger partial charge >= 0.3 is 0 Å². The number of ketones is 1. The fourth-order valence-corrected chi connectivity index (χ4v) is 2.29. The first-order chi connectivity index (χ1) is 8.59. The third kappa shape index (κ3) is 2.74. The minimum absolute atomic E-state index is 0.0399. The van der Waals surface area contributed by atoms with Gasteiger partial charge in [-0.25, -0.2) is 0 Å². The Morgan fingerprint density at radius 1 is 1.17 bits per heavy atom. The van der Waals surface area contributed by atoms with Crippen molar-refractivity contribution in [3.8, 4) is 0 Å². The van der Waals surface area contributed by atoms with E-state index in [1.54, 1.807) is 18.2 Å². The summed E-state index contributed by atoms with van der Waals surface area (Å²) in [6.45, 7) is 0. The van der Waals surface area contributed by atoms with Crippen LogP contribution in [0.4, 0.5) is 5.69 Å². The summed E-state index contributed by atoms with van der Waals surface area (Å²) >= 11 is 9.33. The molecule has 4 heteroatoms. The van der Waals surface area contributed by atoms with Gasteiger partial charge in [-0.3, -0.25) is 4.79 Å². The van der Waals surface area contributed by atoms with Crippen LogP contribution in [-0.2, 0) is 6.42 Å². The molecule has 2 N–H and O–H groups in total. The molecule has 18 heavy (non-hydrogen) atoms. The van der Waals surface area contributed by atoms with E-state index in [1.807, 2.05) is 24.3 Å². The lowest BCUT2D eigenvalue weighted by atomic mass is 10.0. The van der Waals surface area contributed by atoms with E-state index in [0.717, 1.165) is 10.0 Å². The maximum absolute atomic E-state index is 12.2. The third-order valence-electron chi connectivity index (χ3n) is 2.66. The van der Waals surface area contributed by atoms with E-state index < -0.39 is 0 Å². The highest BCUT2D eigenvalue weighted by Crippen LogP contribution is 2.25. The van der Waals surface area contributed by atoms with Crippen molar-refractivity contribution in [2.75, 3.05) is 5.73 Å². The molecule has 0 amide bonds. The highest BCUT2D eigenvalue weighted by atomic mass is 79.9. The number of hydrogen-bond donors (Lipinski definition) is 1. The van der Waals surface area contributed by atoms with Crippen molar-refractivity contribution in [2.24, 2.45) is 0 Å². The van der Waals surface area contributed by atoms with E-state index in [9.17, 15) is 4.79 Å². The van der Waals surface area contributed by atoms with Crippen molar-refractivity contribution >= 4 is 39.0 Å². The van der Waals surface area contributed by atoms with E-state index >= 15 is 0 Å². The lowest BCUT2D eigenvalue weighted by Crippen LogP contribution is -2.07. The Kier molecular flexibility index (Phi) is 4.04. The van der Waals surface area contributed by atoms with Gasteiger partial charge in [0.15, 0.2) is 5.78 Å². The van der Waals surface area contributed by atoms with Crippen LogP contribution in [0.2, 0.25) is 5.02 Å². The molecule has 0 unspecified atom stereocenters. The second kappa shape index (κ2) is 5.55. The fourth-order valence-electron chi connectivity index (χ4n) is 1.69. The fraction of sp³-hybridized carbons (Fsp3) is 0.0714. The molecule has 2 rings (SSSR count). The molecular weight excluding hydrogens is 314 g/mol. The number of nitrogens with two attached hydrogens (primary N) is 1. The Morgan fingerprint density at radius 2 is 1.89 bits per heavy atom. The molecule has 2 aromatic rings. The molecule has 92 valence electrons. The van der Waals surface area contributed by atoms with Crippen molar-refractivity contribution < 1.29 is 4.79 Å². The van der Waals surface area contributed by atoms with E-state index in [0.29, 0.717) is 22.7 Å². The molecule has 0 heterocycles. The number of rotatable bonds is 3. The van der Waals surface area contributed by atoms with E-state index in [4.69, 9.17) is 17.3 Å². The number of anilines is 1. The van der Waals surface area contributed by atoms with Crippen LogP contribution in [0.3, 0.4) is 0 Å². The third-order valence-corrected chi connectivity index (χ3v) is 3.77. The maximum Gasteiger partial charge on any atom is 0.169 e. The molecule has 0 aliphatic heterocycles. The van der Waals surface area contributed by atoms with Gasteiger partial charge in [-0.2, -0.15) is 0 Å². The number of benzene rings is 2. The number of carbonyl (C=O) groups is 1. The molecule has 2 nitrogen and oxygen atoms in total. The Bertz CT molecular complexity index is 598. The van der Waals surface area contributed by atoms with Gasteiger partial charge in [-0.1, -0.05) is 51.8 Å². The van der Waals surface area contributed by atoms with Gasteiger partial charge < -0.3 is 5.73 Å². The molecule has 0 fully saturated rings. The molecule has 0 aliphatic rings. The minimum Gasteiger partial charge on any atom is -0.397 e. The topological polar surface area (TPSA) is 43.1 Å². The number of carbonyl (C=O) groups excluding carboxylic acids is 1. The highest BCUT2D eigenvalue weighted by Gasteiger charge is 2.13. The Morgan fingerprint density at radius 3 is 2.61 bits per heavy atom. The zero-order valence-corrected chi connectivity index (χ0v) is 11.8. The molecule has 0 atom stereocenters. The summed E-state index contributed by atoms with van der Waals surface area (Å²) in [5.41, 5.74) is 7.56. The summed E-state index contributed by atoms with van der Waals surface area (Å²) in [6, 6.07) is 12.7. The first kappa shape index (κ1) is 13.1. The lowest BCUT2D eigenvalue weighted by Gasteiger charge is -2.07. The molecule has 0 spiro atoms. The number of Topliss-reactive ketones (excluding diaryl/α,β-unsaturated/α-hetero) is 1. The quantitative estimate of drug-likeness (QED) is 0.682. The van der Waals surface area contributed by atoms with Crippen molar-refractivity contribution in [2.45, 2.75) is 6.42 Å². The van der Waals surface area contributed by atoms with Gasteiger partial charge in [-0.15, -0.1) is 0 Å². The summed E-state index contributed by atoms with van der Waals surface area (Å²) in [6.07, 6.45) is 0.298. The minimum atomic E-state index is -0.0399. The van der Waals surface area contributed by atoms with Crippen LogP contribution < -0.4 is 5.73 Å². The average Bonchev–Trinajstić information content (AvgIpc) is 2.35. The van der Waals surface area contributed by atoms with Crippen molar-refractivity contribution in [1.29, 1.82) is 0 Å². The molecular formula is C14H11BrClNO. The van der Waals surface area contributed by atoms with E-state index in [1.165, 1.54) is 0 Å². The summed E-state index contributed by atoms with van der Waals surface area (Å²) in [4.78, 5) is 12.2. The average molecular weight is 325 g/mol. The number of para-hydroxylation sites is 1. The van der Waals surface area contributed by atoms with Crippen molar-refractivity contribution in [3.05, 3.63) is 63.1 Å². The monoisotopic (exact) mass is 323 g/mol. The Balaban J connectivity index is 2.28. The summed E-state index contributed by atoms with van der Waals surface area (Å²) < 4.78 is 0.916. The van der Waals surface area contributed by atoms with Gasteiger partial charge in [0, 0.05) is 16.5 Å². The molecule has 0 saturated heterocycles. The van der Waals surface area contributed by atoms with Crippen molar-refractivity contribution in [1.82, 2.24) is 0 Å². The predicted octanol–water partition coefficient (Wildman–Crippen LogP) is 4.11. The van der Waals surface area contributed by atoms with Crippen LogP contribution >= 0.6 is 27.5 Å². The van der Waals surface area contributed by atoms with Gasteiger partial charge in [0.2, 0.25) is 0 Å². The van der Waals surface area contributed by atoms with E-state index in [2.05, 4.69) is 15.9 Å². The van der Waals surface area contributed by atoms with Crippen LogP contribution in [0.25, 0.3) is 0 Å². The van der Waals surface area contributed by atoms with Crippen molar-refractivity contribution in [3.63, 3.8) is 0 Å². The van der Waals surface area contributed by atoms with Crippen LogP contribution in [0.15, 0.2) is 46.9 Å².